The number of para-hydroxylation sites is 1. The van der Waals surface area contributed by atoms with Crippen molar-refractivity contribution < 1.29 is 17.9 Å². The van der Waals surface area contributed by atoms with E-state index in [1.54, 1.807) is 4.90 Å². The van der Waals surface area contributed by atoms with Crippen LogP contribution in [0.2, 0.25) is 0 Å². The molecular weight excluding hydrogens is 356 g/mol. The fourth-order valence-corrected chi connectivity index (χ4v) is 4.66. The van der Waals surface area contributed by atoms with Gasteiger partial charge in [0.15, 0.2) is 5.03 Å². The van der Waals surface area contributed by atoms with Crippen molar-refractivity contribution >= 4 is 21.6 Å². The number of hydrogen-bond acceptors (Lipinski definition) is 5. The van der Waals surface area contributed by atoms with Gasteiger partial charge in [-0.15, -0.1) is 0 Å². The van der Waals surface area contributed by atoms with E-state index in [9.17, 15) is 13.2 Å². The van der Waals surface area contributed by atoms with Crippen LogP contribution >= 0.6 is 0 Å². The van der Waals surface area contributed by atoms with Crippen molar-refractivity contribution in [1.82, 2.24) is 13.9 Å². The zero-order valence-electron chi connectivity index (χ0n) is 14.2. The molecule has 1 saturated heterocycles. The highest BCUT2D eigenvalue weighted by atomic mass is 32.2. The molecule has 2 aliphatic rings. The summed E-state index contributed by atoms with van der Waals surface area (Å²) in [5.41, 5.74) is 2.08. The van der Waals surface area contributed by atoms with Crippen LogP contribution in [-0.4, -0.2) is 61.0 Å². The fraction of sp³-hybridized carbons (Fsp3) is 0.412. The maximum atomic E-state index is 12.6. The number of nitrogens with zero attached hydrogens (tertiary/aromatic N) is 4. The van der Waals surface area contributed by atoms with E-state index < -0.39 is 10.0 Å². The number of anilines is 1. The Morgan fingerprint density at radius 1 is 1.15 bits per heavy atom. The van der Waals surface area contributed by atoms with Crippen molar-refractivity contribution in [3.8, 4) is 0 Å². The highest BCUT2D eigenvalue weighted by Gasteiger charge is 2.29. The summed E-state index contributed by atoms with van der Waals surface area (Å²) >= 11 is 0. The number of carbonyl (C=O) groups excluding carboxylic acids is 1. The minimum absolute atomic E-state index is 0.0333. The van der Waals surface area contributed by atoms with E-state index in [1.165, 1.54) is 21.4 Å². The molecule has 1 aromatic heterocycles. The average molecular weight is 376 g/mol. The molecule has 0 unspecified atom stereocenters. The molecule has 3 heterocycles. The zero-order chi connectivity index (χ0) is 18.1. The van der Waals surface area contributed by atoms with E-state index in [-0.39, 0.29) is 17.5 Å². The van der Waals surface area contributed by atoms with Gasteiger partial charge in [-0.1, -0.05) is 18.2 Å². The average Bonchev–Trinajstić information content (AvgIpc) is 3.29. The lowest BCUT2D eigenvalue weighted by Gasteiger charge is -2.24. The van der Waals surface area contributed by atoms with E-state index >= 15 is 0 Å². The first-order valence-corrected chi connectivity index (χ1v) is 9.98. The third kappa shape index (κ3) is 3.13. The number of aromatic nitrogens is 2. The second-order valence-electron chi connectivity index (χ2n) is 6.32. The van der Waals surface area contributed by atoms with Crippen LogP contribution in [0.3, 0.4) is 0 Å². The zero-order valence-corrected chi connectivity index (χ0v) is 15.1. The van der Waals surface area contributed by atoms with Gasteiger partial charge in [0.2, 0.25) is 5.91 Å². The van der Waals surface area contributed by atoms with Gasteiger partial charge in [0.1, 0.15) is 6.54 Å². The number of carbonyl (C=O) groups is 1. The Kier molecular flexibility index (Phi) is 4.51. The highest BCUT2D eigenvalue weighted by Crippen LogP contribution is 2.27. The smallest absolute Gasteiger partial charge is 0.262 e. The molecule has 9 heteroatoms. The van der Waals surface area contributed by atoms with Gasteiger partial charge < -0.3 is 14.2 Å². The van der Waals surface area contributed by atoms with Crippen LogP contribution in [0.5, 0.6) is 0 Å². The third-order valence-corrected chi connectivity index (χ3v) is 6.47. The van der Waals surface area contributed by atoms with E-state index in [4.69, 9.17) is 4.74 Å². The highest BCUT2D eigenvalue weighted by molar-refractivity contribution is 7.89. The number of rotatable bonds is 4. The fourth-order valence-electron chi connectivity index (χ4n) is 3.32. The number of fused-ring (bicyclic) bond motifs is 1. The summed E-state index contributed by atoms with van der Waals surface area (Å²) in [6.07, 6.45) is 3.65. The van der Waals surface area contributed by atoms with Crippen molar-refractivity contribution in [2.45, 2.75) is 18.0 Å². The summed E-state index contributed by atoms with van der Waals surface area (Å²) in [5, 5.41) is -0.0333. The van der Waals surface area contributed by atoms with E-state index in [2.05, 4.69) is 4.98 Å². The molecule has 26 heavy (non-hydrogen) atoms. The minimum Gasteiger partial charge on any atom is -0.379 e. The quantitative estimate of drug-likeness (QED) is 0.776. The Morgan fingerprint density at radius 2 is 1.92 bits per heavy atom. The van der Waals surface area contributed by atoms with Gasteiger partial charge >= 0.3 is 0 Å². The standard InChI is InChI=1S/C17H20N4O4S/c22-17(21-6-5-14-3-1-2-4-15(14)21)12-19-11-16(18-13-19)26(23,24)20-7-9-25-10-8-20/h1-4,11,13H,5-10,12H2. The second-order valence-corrected chi connectivity index (χ2v) is 8.21. The van der Waals surface area contributed by atoms with Crippen LogP contribution in [0.4, 0.5) is 5.69 Å². The van der Waals surface area contributed by atoms with Gasteiger partial charge in [0.25, 0.3) is 10.0 Å². The van der Waals surface area contributed by atoms with Crippen LogP contribution in [0, 0.1) is 0 Å². The number of amides is 1. The molecular formula is C17H20N4O4S. The van der Waals surface area contributed by atoms with E-state index in [0.29, 0.717) is 32.8 Å². The van der Waals surface area contributed by atoms with E-state index in [0.717, 1.165) is 17.7 Å². The Balaban J connectivity index is 1.48. The van der Waals surface area contributed by atoms with Crippen molar-refractivity contribution in [3.63, 3.8) is 0 Å². The van der Waals surface area contributed by atoms with Gasteiger partial charge in [0, 0.05) is 31.5 Å². The first kappa shape index (κ1) is 17.2. The van der Waals surface area contributed by atoms with Crippen LogP contribution in [0.25, 0.3) is 0 Å². The van der Waals surface area contributed by atoms with Crippen molar-refractivity contribution in [2.75, 3.05) is 37.7 Å². The van der Waals surface area contributed by atoms with Crippen LogP contribution < -0.4 is 4.90 Å². The van der Waals surface area contributed by atoms with Crippen molar-refractivity contribution in [3.05, 3.63) is 42.4 Å². The number of morpholine rings is 1. The SMILES string of the molecule is O=C(Cn1cnc(S(=O)(=O)N2CCOCC2)c1)N1CCc2ccccc21. The molecule has 2 aliphatic heterocycles. The van der Waals surface area contributed by atoms with Gasteiger partial charge in [0.05, 0.1) is 19.5 Å². The van der Waals surface area contributed by atoms with Gasteiger partial charge in [-0.25, -0.2) is 13.4 Å². The summed E-state index contributed by atoms with van der Waals surface area (Å²) in [4.78, 5) is 18.4. The number of sulfonamides is 1. The van der Waals surface area contributed by atoms with Gasteiger partial charge in [-0.3, -0.25) is 4.79 Å². The lowest BCUT2D eigenvalue weighted by Crippen LogP contribution is -2.40. The molecule has 0 bridgehead atoms. The number of benzene rings is 1. The molecule has 0 aliphatic carbocycles. The first-order chi connectivity index (χ1) is 12.6. The number of hydrogen-bond donors (Lipinski definition) is 0. The van der Waals surface area contributed by atoms with Crippen LogP contribution in [-0.2, 0) is 32.5 Å². The molecule has 0 saturated carbocycles. The van der Waals surface area contributed by atoms with Crippen LogP contribution in [0.15, 0.2) is 41.8 Å². The molecule has 4 rings (SSSR count). The van der Waals surface area contributed by atoms with Crippen molar-refractivity contribution in [1.29, 1.82) is 0 Å². The Hall–Kier alpha value is -2.23. The molecule has 0 N–H and O–H groups in total. The maximum absolute atomic E-state index is 12.6. The Labute approximate surface area is 152 Å². The van der Waals surface area contributed by atoms with Gasteiger partial charge in [-0.05, 0) is 18.1 Å². The summed E-state index contributed by atoms with van der Waals surface area (Å²) in [6.45, 7) is 2.10. The minimum atomic E-state index is -3.65. The van der Waals surface area contributed by atoms with Crippen LogP contribution in [0.1, 0.15) is 5.56 Å². The number of imidazole rings is 1. The van der Waals surface area contributed by atoms with Crippen molar-refractivity contribution in [2.24, 2.45) is 0 Å². The molecule has 0 atom stereocenters. The Morgan fingerprint density at radius 3 is 2.73 bits per heavy atom. The molecule has 138 valence electrons. The summed E-state index contributed by atoms with van der Waals surface area (Å²) in [5.74, 6) is -0.0809. The number of ether oxygens (including phenoxy) is 1. The summed E-state index contributed by atoms with van der Waals surface area (Å²) in [6, 6.07) is 7.83. The second kappa shape index (κ2) is 6.82. The topological polar surface area (TPSA) is 84.7 Å². The molecule has 1 aromatic carbocycles. The molecule has 1 amide bonds. The van der Waals surface area contributed by atoms with Gasteiger partial charge in [-0.2, -0.15) is 4.31 Å². The molecule has 0 spiro atoms. The monoisotopic (exact) mass is 376 g/mol. The molecule has 1 fully saturated rings. The maximum Gasteiger partial charge on any atom is 0.262 e. The predicted molar refractivity (Wildman–Crippen MR) is 94.3 cm³/mol. The summed E-state index contributed by atoms with van der Waals surface area (Å²) in [7, 11) is -3.65. The molecule has 2 aromatic rings. The van der Waals surface area contributed by atoms with E-state index in [1.807, 2.05) is 24.3 Å². The molecule has 8 nitrogen and oxygen atoms in total. The predicted octanol–water partition coefficient (Wildman–Crippen LogP) is 0.493. The Bertz CT molecular complexity index is 918. The lowest BCUT2D eigenvalue weighted by molar-refractivity contribution is -0.119. The molecule has 0 radical (unpaired) electrons. The largest absolute Gasteiger partial charge is 0.379 e. The third-order valence-electron chi connectivity index (χ3n) is 4.69. The first-order valence-electron chi connectivity index (χ1n) is 8.53. The lowest BCUT2D eigenvalue weighted by atomic mass is 10.2. The summed E-state index contributed by atoms with van der Waals surface area (Å²) < 4.78 is 33.3. The normalized spacial score (nSPS) is 18.1.